The van der Waals surface area contributed by atoms with Gasteiger partial charge >= 0.3 is 37.7 Å². The van der Waals surface area contributed by atoms with Gasteiger partial charge in [-0.25, -0.2) is 5.10 Å². The van der Waals surface area contributed by atoms with E-state index in [0.29, 0.717) is 0 Å². The summed E-state index contributed by atoms with van der Waals surface area (Å²) in [7, 11) is 0. The molecule has 5 heteroatoms. The van der Waals surface area contributed by atoms with E-state index in [1.165, 1.54) is 6.33 Å². The first-order valence-electron chi connectivity index (χ1n) is 1.17. The maximum absolute atomic E-state index is 3.31. The van der Waals surface area contributed by atoms with Gasteiger partial charge in [0, 0.05) is 0 Å². The van der Waals surface area contributed by atoms with Crippen LogP contribution in [0.25, 0.3) is 0 Å². The van der Waals surface area contributed by atoms with Crippen LogP contribution in [-0.4, -0.2) is 58.4 Å². The second kappa shape index (κ2) is 3.52. The van der Waals surface area contributed by atoms with Crippen molar-refractivity contribution in [1.29, 1.82) is 0 Å². The van der Waals surface area contributed by atoms with Crippen molar-refractivity contribution in [3.8, 4) is 0 Å². The number of tetrazole rings is 1. The summed E-state index contributed by atoms with van der Waals surface area (Å²) in [5.74, 6) is 0. The SMILES string of the molecule is [CaH2].c1nnn[nH]1. The van der Waals surface area contributed by atoms with Gasteiger partial charge in [-0.2, -0.15) is 0 Å². The average molecular weight is 112 g/mol. The average Bonchev–Trinajstić information content (AvgIpc) is 1.76. The van der Waals surface area contributed by atoms with Crippen LogP contribution < -0.4 is 0 Å². The summed E-state index contributed by atoms with van der Waals surface area (Å²) in [6, 6.07) is 0. The van der Waals surface area contributed by atoms with E-state index in [1.807, 2.05) is 0 Å². The zero-order chi connectivity index (χ0) is 3.54. The van der Waals surface area contributed by atoms with E-state index in [-0.39, 0.29) is 37.7 Å². The van der Waals surface area contributed by atoms with Crippen molar-refractivity contribution < 1.29 is 0 Å². The molecule has 6 heavy (non-hydrogen) atoms. The maximum atomic E-state index is 3.31. The minimum atomic E-state index is 0. The van der Waals surface area contributed by atoms with Crippen molar-refractivity contribution in [2.45, 2.75) is 0 Å². The fraction of sp³-hybridized carbons (Fsp3) is 0. The monoisotopic (exact) mass is 112 g/mol. The molecule has 0 atom stereocenters. The summed E-state index contributed by atoms with van der Waals surface area (Å²) in [4.78, 5) is 0. The van der Waals surface area contributed by atoms with Gasteiger partial charge in [-0.05, 0) is 10.4 Å². The quantitative estimate of drug-likeness (QED) is 0.406. The van der Waals surface area contributed by atoms with Gasteiger partial charge in [-0.15, -0.1) is 5.10 Å². The summed E-state index contributed by atoms with van der Waals surface area (Å²) >= 11 is 0. The first-order chi connectivity index (χ1) is 2.50. The number of hydrogen-bond acceptors (Lipinski definition) is 3. The third-order valence-electron chi connectivity index (χ3n) is 0.270. The Morgan fingerprint density at radius 3 is 2.50 bits per heavy atom. The predicted molar refractivity (Wildman–Crippen MR) is 22.7 cm³/mol. The number of aromatic amines is 1. The van der Waals surface area contributed by atoms with Crippen molar-refractivity contribution in [2.75, 3.05) is 0 Å². The van der Waals surface area contributed by atoms with Gasteiger partial charge in [0.25, 0.3) is 0 Å². The smallest absolute Gasteiger partial charge is 0.135 e. The molecule has 0 saturated carbocycles. The summed E-state index contributed by atoms with van der Waals surface area (Å²) in [5.41, 5.74) is 0. The van der Waals surface area contributed by atoms with Crippen LogP contribution in [0.3, 0.4) is 0 Å². The van der Waals surface area contributed by atoms with E-state index in [0.717, 1.165) is 0 Å². The van der Waals surface area contributed by atoms with E-state index in [4.69, 9.17) is 0 Å². The molecule has 0 aromatic carbocycles. The molecule has 0 aliphatic rings. The fourth-order valence-corrected chi connectivity index (χ4v) is 0.129. The number of nitrogens with one attached hydrogen (secondary N) is 1. The standard InChI is InChI=1S/CH2N4.Ca.2H/c1-2-4-5-3-1;;;/h1H,(H,2,3,4,5);;;. The van der Waals surface area contributed by atoms with Crippen LogP contribution >= 0.6 is 0 Å². The molecular formula is CH4CaN4. The minimum absolute atomic E-state index is 0. The summed E-state index contributed by atoms with van der Waals surface area (Å²) < 4.78 is 0. The van der Waals surface area contributed by atoms with Crippen LogP contribution in [0.4, 0.5) is 0 Å². The van der Waals surface area contributed by atoms with E-state index < -0.39 is 0 Å². The number of hydrogen-bond donors (Lipinski definition) is 1. The van der Waals surface area contributed by atoms with Crippen LogP contribution in [0.1, 0.15) is 0 Å². The first kappa shape index (κ1) is 6.33. The van der Waals surface area contributed by atoms with Gasteiger partial charge in [0.05, 0.1) is 0 Å². The van der Waals surface area contributed by atoms with Crippen LogP contribution in [0.5, 0.6) is 0 Å². The Hall–Kier alpha value is 0.330. The molecule has 0 saturated heterocycles. The summed E-state index contributed by atoms with van der Waals surface area (Å²) in [6.07, 6.45) is 1.40. The molecular weight excluding hydrogens is 108 g/mol. The number of aromatic nitrogens is 4. The molecule has 1 N–H and O–H groups in total. The molecule has 0 aliphatic carbocycles. The Bertz CT molecular complexity index is 64.0. The Morgan fingerprint density at radius 2 is 2.33 bits per heavy atom. The molecule has 1 heterocycles. The molecule has 1 rings (SSSR count). The van der Waals surface area contributed by atoms with Crippen molar-refractivity contribution in [3.05, 3.63) is 6.33 Å². The Labute approximate surface area is 64.3 Å². The van der Waals surface area contributed by atoms with Gasteiger partial charge in [0.15, 0.2) is 0 Å². The molecule has 30 valence electrons. The normalized spacial score (nSPS) is 6.67. The predicted octanol–water partition coefficient (Wildman–Crippen LogP) is -1.72. The van der Waals surface area contributed by atoms with E-state index >= 15 is 0 Å². The molecule has 0 unspecified atom stereocenters. The van der Waals surface area contributed by atoms with Gasteiger partial charge < -0.3 is 0 Å². The molecule has 0 radical (unpaired) electrons. The van der Waals surface area contributed by atoms with Gasteiger partial charge in [-0.3, -0.25) is 0 Å². The maximum Gasteiger partial charge on any atom is 0.135 e. The largest absolute Gasteiger partial charge is 0.246 e. The zero-order valence-electron chi connectivity index (χ0n) is 2.42. The number of H-pyrrole nitrogens is 1. The molecule has 0 amide bonds. The second-order valence-corrected chi connectivity index (χ2v) is 0.563. The van der Waals surface area contributed by atoms with Crippen LogP contribution in [0.15, 0.2) is 6.33 Å². The molecule has 0 fully saturated rings. The van der Waals surface area contributed by atoms with E-state index in [1.54, 1.807) is 0 Å². The van der Waals surface area contributed by atoms with Crippen LogP contribution in [0.2, 0.25) is 0 Å². The van der Waals surface area contributed by atoms with Crippen molar-refractivity contribution >= 4 is 37.7 Å². The minimum Gasteiger partial charge on any atom is -0.246 e. The molecule has 1 aromatic rings. The van der Waals surface area contributed by atoms with Crippen molar-refractivity contribution in [1.82, 2.24) is 20.6 Å². The fourth-order valence-electron chi connectivity index (χ4n) is 0.129. The van der Waals surface area contributed by atoms with Gasteiger partial charge in [-0.1, -0.05) is 0 Å². The molecule has 0 aliphatic heterocycles. The van der Waals surface area contributed by atoms with Crippen molar-refractivity contribution in [2.24, 2.45) is 0 Å². The van der Waals surface area contributed by atoms with Gasteiger partial charge in [0.1, 0.15) is 6.33 Å². The number of nitrogens with zero attached hydrogens (tertiary/aromatic N) is 3. The van der Waals surface area contributed by atoms with Crippen LogP contribution in [0, 0.1) is 0 Å². The Kier molecular flexibility index (Phi) is 3.71. The molecule has 1 aromatic heterocycles. The van der Waals surface area contributed by atoms with Crippen LogP contribution in [-0.2, 0) is 0 Å². The Balaban J connectivity index is 0.000000250. The summed E-state index contributed by atoms with van der Waals surface area (Å²) in [6.45, 7) is 0. The molecule has 0 bridgehead atoms. The third-order valence-corrected chi connectivity index (χ3v) is 0.270. The zero-order valence-corrected chi connectivity index (χ0v) is 2.42. The third kappa shape index (κ3) is 1.69. The van der Waals surface area contributed by atoms with Crippen molar-refractivity contribution in [3.63, 3.8) is 0 Å². The van der Waals surface area contributed by atoms with Gasteiger partial charge in [0.2, 0.25) is 0 Å². The molecule has 0 spiro atoms. The van der Waals surface area contributed by atoms with E-state index in [2.05, 4.69) is 20.6 Å². The topological polar surface area (TPSA) is 54.5 Å². The summed E-state index contributed by atoms with van der Waals surface area (Å²) in [5, 5.41) is 12.1. The first-order valence-corrected chi connectivity index (χ1v) is 1.17. The second-order valence-electron chi connectivity index (χ2n) is 0.563. The molecule has 4 nitrogen and oxygen atoms in total. The number of rotatable bonds is 0. The Morgan fingerprint density at radius 1 is 1.50 bits per heavy atom. The van der Waals surface area contributed by atoms with E-state index in [9.17, 15) is 0 Å².